The molecule has 4 fully saturated rings. The number of hydrogen-bond acceptors (Lipinski definition) is 3. The summed E-state index contributed by atoms with van der Waals surface area (Å²) in [5.74, 6) is 0.951. The van der Waals surface area contributed by atoms with Crippen molar-refractivity contribution in [2.24, 2.45) is 17.1 Å². The number of aliphatic hydroxyl groups excluding tert-OH is 1. The second-order valence-electron chi connectivity index (χ2n) is 6.22. The Kier molecular flexibility index (Phi) is 2.49. The van der Waals surface area contributed by atoms with E-state index in [9.17, 15) is 9.90 Å². The number of hydrogen-bond donors (Lipinski definition) is 2. The van der Waals surface area contributed by atoms with Gasteiger partial charge in [0.25, 0.3) is 0 Å². The van der Waals surface area contributed by atoms with Gasteiger partial charge in [0.1, 0.15) is 6.23 Å². The Morgan fingerprint density at radius 3 is 2.47 bits per heavy atom. The SMILES string of the molecule is CCC(=O)N1C2CC3CC1CC(C(N)O)(C3)C2. The topological polar surface area (TPSA) is 66.6 Å². The highest BCUT2D eigenvalue weighted by atomic mass is 16.3. The minimum absolute atomic E-state index is 0.0962. The van der Waals surface area contributed by atoms with Gasteiger partial charge in [-0.3, -0.25) is 4.79 Å². The van der Waals surface area contributed by atoms with Crippen molar-refractivity contribution in [3.8, 4) is 0 Å². The van der Waals surface area contributed by atoms with Crippen LogP contribution in [-0.4, -0.2) is 34.2 Å². The number of piperidine rings is 2. The minimum atomic E-state index is -0.713. The molecule has 4 nitrogen and oxygen atoms in total. The molecule has 17 heavy (non-hydrogen) atoms. The van der Waals surface area contributed by atoms with E-state index in [2.05, 4.69) is 4.90 Å². The van der Waals surface area contributed by atoms with E-state index in [1.165, 1.54) is 0 Å². The number of rotatable bonds is 2. The van der Waals surface area contributed by atoms with E-state index >= 15 is 0 Å². The third-order valence-corrected chi connectivity index (χ3v) is 5.19. The molecular weight excluding hydrogens is 216 g/mol. The molecule has 2 aliphatic heterocycles. The molecule has 0 aromatic rings. The summed E-state index contributed by atoms with van der Waals surface area (Å²) in [6.45, 7) is 1.93. The van der Waals surface area contributed by atoms with Crippen LogP contribution in [0.3, 0.4) is 0 Å². The number of nitrogens with zero attached hydrogens (tertiary/aromatic N) is 1. The molecule has 1 amide bonds. The van der Waals surface area contributed by atoms with Crippen LogP contribution in [0.5, 0.6) is 0 Å². The minimum Gasteiger partial charge on any atom is -0.378 e. The van der Waals surface area contributed by atoms with Crippen molar-refractivity contribution in [3.05, 3.63) is 0 Å². The standard InChI is InChI=1S/C13H22N2O2/c1-2-11(16)15-9-3-8-4-10(15)7-13(5-8,6-9)12(14)17/h8-10,12,17H,2-7,14H2,1H3. The van der Waals surface area contributed by atoms with Crippen molar-refractivity contribution in [1.29, 1.82) is 0 Å². The first kappa shape index (κ1) is 11.5. The first-order valence-electron chi connectivity index (χ1n) is 6.80. The summed E-state index contributed by atoms with van der Waals surface area (Å²) in [7, 11) is 0. The number of amides is 1. The maximum absolute atomic E-state index is 12.0. The molecule has 4 aliphatic rings. The molecule has 4 bridgehead atoms. The lowest BCUT2D eigenvalue weighted by atomic mass is 9.54. The molecule has 3 N–H and O–H groups in total. The van der Waals surface area contributed by atoms with E-state index in [0.29, 0.717) is 24.4 Å². The Morgan fingerprint density at radius 2 is 2.00 bits per heavy atom. The van der Waals surface area contributed by atoms with Crippen LogP contribution in [0.1, 0.15) is 45.4 Å². The van der Waals surface area contributed by atoms with Crippen LogP contribution < -0.4 is 5.73 Å². The van der Waals surface area contributed by atoms with Crippen molar-refractivity contribution in [1.82, 2.24) is 4.90 Å². The average molecular weight is 238 g/mol. The van der Waals surface area contributed by atoms with Crippen molar-refractivity contribution in [3.63, 3.8) is 0 Å². The largest absolute Gasteiger partial charge is 0.378 e. The average Bonchev–Trinajstić information content (AvgIpc) is 2.27. The van der Waals surface area contributed by atoms with Gasteiger partial charge in [0.2, 0.25) is 5.91 Å². The molecule has 3 unspecified atom stereocenters. The maximum Gasteiger partial charge on any atom is 0.222 e. The van der Waals surface area contributed by atoms with Gasteiger partial charge >= 0.3 is 0 Å². The summed E-state index contributed by atoms with van der Waals surface area (Å²) >= 11 is 0. The van der Waals surface area contributed by atoms with Crippen LogP contribution in [-0.2, 0) is 4.79 Å². The Hall–Kier alpha value is -0.610. The summed E-state index contributed by atoms with van der Waals surface area (Å²) in [5, 5.41) is 9.87. The highest BCUT2D eigenvalue weighted by molar-refractivity contribution is 5.77. The summed E-state index contributed by atoms with van der Waals surface area (Å²) in [6.07, 6.45) is 5.00. The molecule has 2 saturated heterocycles. The fourth-order valence-electron chi connectivity index (χ4n) is 4.64. The highest BCUT2D eigenvalue weighted by Crippen LogP contribution is 2.56. The predicted molar refractivity (Wildman–Crippen MR) is 63.9 cm³/mol. The van der Waals surface area contributed by atoms with Crippen molar-refractivity contribution in [2.45, 2.75) is 63.8 Å². The van der Waals surface area contributed by atoms with E-state index < -0.39 is 6.23 Å². The number of carbonyl (C=O) groups is 1. The van der Waals surface area contributed by atoms with Gasteiger partial charge in [0.05, 0.1) is 0 Å². The van der Waals surface area contributed by atoms with E-state index in [4.69, 9.17) is 5.73 Å². The summed E-state index contributed by atoms with van der Waals surface area (Å²) in [6, 6.07) is 0.679. The fourth-order valence-corrected chi connectivity index (χ4v) is 4.64. The molecular formula is C13H22N2O2. The Labute approximate surface area is 102 Å². The smallest absolute Gasteiger partial charge is 0.222 e. The highest BCUT2D eigenvalue weighted by Gasteiger charge is 2.57. The monoisotopic (exact) mass is 238 g/mol. The summed E-state index contributed by atoms with van der Waals surface area (Å²) in [4.78, 5) is 14.1. The van der Waals surface area contributed by atoms with E-state index in [-0.39, 0.29) is 11.3 Å². The molecule has 3 atom stereocenters. The normalized spacial score (nSPS) is 45.1. The first-order valence-corrected chi connectivity index (χ1v) is 6.80. The summed E-state index contributed by atoms with van der Waals surface area (Å²) in [5.41, 5.74) is 5.70. The Balaban J connectivity index is 1.88. The van der Waals surface area contributed by atoms with E-state index in [0.717, 1.165) is 32.1 Å². The molecule has 2 aliphatic carbocycles. The van der Waals surface area contributed by atoms with E-state index in [1.807, 2.05) is 6.92 Å². The van der Waals surface area contributed by atoms with Crippen LogP contribution in [0.4, 0.5) is 0 Å². The molecule has 2 saturated carbocycles. The van der Waals surface area contributed by atoms with Gasteiger partial charge in [-0.2, -0.15) is 0 Å². The molecule has 2 heterocycles. The van der Waals surface area contributed by atoms with Gasteiger partial charge in [-0.05, 0) is 38.0 Å². The third-order valence-electron chi connectivity index (χ3n) is 5.19. The number of aliphatic hydroxyl groups is 1. The maximum atomic E-state index is 12.0. The van der Waals surface area contributed by atoms with Crippen LogP contribution in [0.25, 0.3) is 0 Å². The Bertz CT molecular complexity index is 326. The zero-order valence-corrected chi connectivity index (χ0v) is 10.4. The molecule has 0 radical (unpaired) electrons. The molecule has 4 heteroatoms. The quantitative estimate of drug-likeness (QED) is 0.700. The lowest BCUT2D eigenvalue weighted by molar-refractivity contribution is -0.172. The second kappa shape index (κ2) is 3.69. The third kappa shape index (κ3) is 1.54. The van der Waals surface area contributed by atoms with Crippen LogP contribution >= 0.6 is 0 Å². The van der Waals surface area contributed by atoms with Gasteiger partial charge in [0.15, 0.2) is 0 Å². The van der Waals surface area contributed by atoms with Gasteiger partial charge in [0, 0.05) is 23.9 Å². The van der Waals surface area contributed by atoms with Crippen LogP contribution in [0.2, 0.25) is 0 Å². The van der Waals surface area contributed by atoms with Gasteiger partial charge in [-0.15, -0.1) is 0 Å². The van der Waals surface area contributed by atoms with Gasteiger partial charge in [-0.25, -0.2) is 0 Å². The summed E-state index contributed by atoms with van der Waals surface area (Å²) < 4.78 is 0. The number of carbonyl (C=O) groups excluding carboxylic acids is 1. The lowest BCUT2D eigenvalue weighted by Crippen LogP contribution is -2.66. The van der Waals surface area contributed by atoms with Gasteiger partial charge in [-0.1, -0.05) is 6.92 Å². The second-order valence-corrected chi connectivity index (χ2v) is 6.22. The zero-order chi connectivity index (χ0) is 12.2. The molecule has 0 aromatic heterocycles. The molecule has 0 spiro atoms. The predicted octanol–water partition coefficient (Wildman–Crippen LogP) is 0.833. The fraction of sp³-hybridized carbons (Fsp3) is 0.923. The Morgan fingerprint density at radius 1 is 1.41 bits per heavy atom. The van der Waals surface area contributed by atoms with Crippen molar-refractivity contribution in [2.75, 3.05) is 0 Å². The van der Waals surface area contributed by atoms with Crippen LogP contribution in [0, 0.1) is 11.3 Å². The molecule has 0 aromatic carbocycles. The lowest BCUT2D eigenvalue weighted by Gasteiger charge is -2.62. The first-order chi connectivity index (χ1) is 8.05. The number of nitrogens with two attached hydrogens (primary N) is 1. The van der Waals surface area contributed by atoms with Crippen molar-refractivity contribution >= 4 is 5.91 Å². The van der Waals surface area contributed by atoms with Crippen molar-refractivity contribution < 1.29 is 9.90 Å². The van der Waals surface area contributed by atoms with Crippen LogP contribution in [0.15, 0.2) is 0 Å². The molecule has 4 rings (SSSR count). The van der Waals surface area contributed by atoms with Gasteiger partial charge < -0.3 is 15.7 Å². The van der Waals surface area contributed by atoms with E-state index in [1.54, 1.807) is 0 Å². The zero-order valence-electron chi connectivity index (χ0n) is 10.4. The molecule has 96 valence electrons.